The van der Waals surface area contributed by atoms with Crippen molar-refractivity contribution in [1.29, 1.82) is 0 Å². The molecule has 0 saturated heterocycles. The van der Waals surface area contributed by atoms with Crippen LogP contribution in [-0.2, 0) is 0 Å². The van der Waals surface area contributed by atoms with E-state index in [0.717, 1.165) is 0 Å². The van der Waals surface area contributed by atoms with Crippen LogP contribution in [-0.4, -0.2) is 46.9 Å². The summed E-state index contributed by atoms with van der Waals surface area (Å²) >= 11 is 0. The SMILES string of the molecule is C=CCO.CC(CO)(CO)CO. The van der Waals surface area contributed by atoms with Gasteiger partial charge in [0.05, 0.1) is 26.4 Å². The molecule has 0 aromatic rings. The number of aliphatic hydroxyl groups excluding tert-OH is 4. The highest BCUT2D eigenvalue weighted by atomic mass is 16.3. The molecule has 0 heterocycles. The molecule has 0 radical (unpaired) electrons. The van der Waals surface area contributed by atoms with Crippen LogP contribution in [0.1, 0.15) is 6.92 Å². The second-order valence-electron chi connectivity index (χ2n) is 2.76. The van der Waals surface area contributed by atoms with Crippen molar-refractivity contribution in [3.63, 3.8) is 0 Å². The molecule has 0 saturated carbocycles. The van der Waals surface area contributed by atoms with E-state index >= 15 is 0 Å². The molecule has 0 fully saturated rings. The molecule has 0 bridgehead atoms. The molecule has 0 unspecified atom stereocenters. The molecule has 0 atom stereocenters. The maximum Gasteiger partial charge on any atom is 0.0609 e. The molecule has 0 aliphatic heterocycles. The molecule has 4 N–H and O–H groups in total. The van der Waals surface area contributed by atoms with Crippen molar-refractivity contribution in [2.45, 2.75) is 6.92 Å². The molecular formula is C8H18O4. The maximum atomic E-state index is 8.47. The molecule has 0 aliphatic rings. The average molecular weight is 178 g/mol. The molecular weight excluding hydrogens is 160 g/mol. The van der Waals surface area contributed by atoms with E-state index in [4.69, 9.17) is 20.4 Å². The molecule has 74 valence electrons. The van der Waals surface area contributed by atoms with E-state index < -0.39 is 5.41 Å². The third kappa shape index (κ3) is 7.68. The summed E-state index contributed by atoms with van der Waals surface area (Å²) < 4.78 is 0. The first-order valence-corrected chi connectivity index (χ1v) is 3.64. The number of aliphatic hydroxyl groups is 4. The highest BCUT2D eigenvalue weighted by Gasteiger charge is 2.20. The Morgan fingerprint density at radius 3 is 1.33 bits per heavy atom. The van der Waals surface area contributed by atoms with E-state index in [1.54, 1.807) is 6.92 Å². The Kier molecular flexibility index (Phi) is 10.2. The molecule has 0 aromatic carbocycles. The summed E-state index contributed by atoms with van der Waals surface area (Å²) in [5.74, 6) is 0. The first kappa shape index (κ1) is 14.1. The smallest absolute Gasteiger partial charge is 0.0609 e. The van der Waals surface area contributed by atoms with Gasteiger partial charge in [0.2, 0.25) is 0 Å². The van der Waals surface area contributed by atoms with E-state index in [9.17, 15) is 0 Å². The lowest BCUT2D eigenvalue weighted by Gasteiger charge is -2.20. The fourth-order valence-corrected chi connectivity index (χ4v) is 0.150. The van der Waals surface area contributed by atoms with Crippen LogP contribution >= 0.6 is 0 Å². The molecule has 4 heteroatoms. The summed E-state index contributed by atoms with van der Waals surface area (Å²) in [4.78, 5) is 0. The normalized spacial score (nSPS) is 10.1. The Hall–Kier alpha value is -0.420. The lowest BCUT2D eigenvalue weighted by Crippen LogP contribution is -2.29. The fourth-order valence-electron chi connectivity index (χ4n) is 0.150. The van der Waals surface area contributed by atoms with Crippen LogP contribution in [0.5, 0.6) is 0 Å². The quantitative estimate of drug-likeness (QED) is 0.422. The van der Waals surface area contributed by atoms with Crippen LogP contribution in [0.3, 0.4) is 0 Å². The van der Waals surface area contributed by atoms with Crippen molar-refractivity contribution in [3.8, 4) is 0 Å². The Bertz CT molecular complexity index is 91.0. The van der Waals surface area contributed by atoms with Gasteiger partial charge in [-0.05, 0) is 0 Å². The molecule has 0 aliphatic carbocycles. The summed E-state index contributed by atoms with van der Waals surface area (Å²) in [7, 11) is 0. The Balaban J connectivity index is 0. The van der Waals surface area contributed by atoms with E-state index in [2.05, 4.69) is 6.58 Å². The molecule has 0 rings (SSSR count). The topological polar surface area (TPSA) is 80.9 Å². The second kappa shape index (κ2) is 8.67. The fraction of sp³-hybridized carbons (Fsp3) is 0.750. The van der Waals surface area contributed by atoms with Crippen molar-refractivity contribution in [2.75, 3.05) is 26.4 Å². The second-order valence-corrected chi connectivity index (χ2v) is 2.76. The number of hydrogen-bond acceptors (Lipinski definition) is 4. The van der Waals surface area contributed by atoms with E-state index in [1.165, 1.54) is 6.08 Å². The first-order valence-electron chi connectivity index (χ1n) is 3.64. The average Bonchev–Trinajstić information content (AvgIpc) is 2.17. The van der Waals surface area contributed by atoms with Crippen LogP contribution < -0.4 is 0 Å². The van der Waals surface area contributed by atoms with Crippen LogP contribution in [0.4, 0.5) is 0 Å². The van der Waals surface area contributed by atoms with Gasteiger partial charge in [-0.15, -0.1) is 6.58 Å². The predicted octanol–water partition coefficient (Wildman–Crippen LogP) is -0.866. The third-order valence-electron chi connectivity index (χ3n) is 1.27. The van der Waals surface area contributed by atoms with Gasteiger partial charge in [-0.2, -0.15) is 0 Å². The summed E-state index contributed by atoms with van der Waals surface area (Å²) in [5.41, 5.74) is -0.708. The lowest BCUT2D eigenvalue weighted by molar-refractivity contribution is 0.0200. The summed E-state index contributed by atoms with van der Waals surface area (Å²) in [6.45, 7) is 4.38. The van der Waals surface area contributed by atoms with Crippen molar-refractivity contribution >= 4 is 0 Å². The molecule has 4 nitrogen and oxygen atoms in total. The van der Waals surface area contributed by atoms with Crippen LogP contribution in [0, 0.1) is 5.41 Å². The molecule has 0 spiro atoms. The zero-order valence-electron chi connectivity index (χ0n) is 7.40. The van der Waals surface area contributed by atoms with Crippen molar-refractivity contribution in [2.24, 2.45) is 5.41 Å². The highest BCUT2D eigenvalue weighted by Crippen LogP contribution is 2.10. The first-order chi connectivity index (χ1) is 5.60. The predicted molar refractivity (Wildman–Crippen MR) is 46.6 cm³/mol. The monoisotopic (exact) mass is 178 g/mol. The van der Waals surface area contributed by atoms with Gasteiger partial charge in [0, 0.05) is 5.41 Å². The van der Waals surface area contributed by atoms with Gasteiger partial charge in [-0.1, -0.05) is 13.0 Å². The zero-order valence-corrected chi connectivity index (χ0v) is 7.40. The zero-order chi connectivity index (χ0) is 10.0. The van der Waals surface area contributed by atoms with Crippen molar-refractivity contribution < 1.29 is 20.4 Å². The van der Waals surface area contributed by atoms with Gasteiger partial charge >= 0.3 is 0 Å². The molecule has 0 aromatic heterocycles. The van der Waals surface area contributed by atoms with Crippen molar-refractivity contribution in [3.05, 3.63) is 12.7 Å². The standard InChI is InChI=1S/C5H12O3.C3H6O/c1-5(2-6,3-7)4-8;1-2-3-4/h6-8H,2-4H2,1H3;2,4H,1,3H2. The highest BCUT2D eigenvalue weighted by molar-refractivity contribution is 4.69. The third-order valence-corrected chi connectivity index (χ3v) is 1.27. The summed E-state index contributed by atoms with van der Waals surface area (Å²) in [5, 5.41) is 33.2. The molecule has 0 amide bonds. The van der Waals surface area contributed by atoms with Gasteiger partial charge in [0.1, 0.15) is 0 Å². The van der Waals surface area contributed by atoms with E-state index in [1.807, 2.05) is 0 Å². The van der Waals surface area contributed by atoms with Gasteiger partial charge in [0.25, 0.3) is 0 Å². The minimum Gasteiger partial charge on any atom is -0.396 e. The van der Waals surface area contributed by atoms with Gasteiger partial charge in [0.15, 0.2) is 0 Å². The van der Waals surface area contributed by atoms with Gasteiger partial charge in [-0.25, -0.2) is 0 Å². The van der Waals surface area contributed by atoms with Gasteiger partial charge in [-0.3, -0.25) is 0 Å². The summed E-state index contributed by atoms with van der Waals surface area (Å²) in [6, 6.07) is 0. The number of hydrogen-bond donors (Lipinski definition) is 4. The van der Waals surface area contributed by atoms with Crippen molar-refractivity contribution in [1.82, 2.24) is 0 Å². The lowest BCUT2D eigenvalue weighted by atomic mass is 9.95. The Labute approximate surface area is 72.8 Å². The van der Waals surface area contributed by atoms with Gasteiger partial charge < -0.3 is 20.4 Å². The summed E-state index contributed by atoms with van der Waals surface area (Å²) in [6.07, 6.45) is 1.43. The van der Waals surface area contributed by atoms with Crippen LogP contribution in [0.25, 0.3) is 0 Å². The van der Waals surface area contributed by atoms with Crippen LogP contribution in [0.15, 0.2) is 12.7 Å². The van der Waals surface area contributed by atoms with E-state index in [0.29, 0.717) is 0 Å². The number of rotatable bonds is 4. The van der Waals surface area contributed by atoms with Crippen LogP contribution in [0.2, 0.25) is 0 Å². The Morgan fingerprint density at radius 2 is 1.33 bits per heavy atom. The Morgan fingerprint density at radius 1 is 1.08 bits per heavy atom. The minimum absolute atomic E-state index is 0.0833. The maximum absolute atomic E-state index is 8.47. The molecule has 12 heavy (non-hydrogen) atoms. The largest absolute Gasteiger partial charge is 0.396 e. The minimum atomic E-state index is -0.708. The van der Waals surface area contributed by atoms with E-state index in [-0.39, 0.29) is 26.4 Å².